The minimum atomic E-state index is -0.420. The maximum Gasteiger partial charge on any atom is 0.342 e. The molecule has 0 bridgehead atoms. The van der Waals surface area contributed by atoms with Crippen molar-refractivity contribution < 1.29 is 23.8 Å². The van der Waals surface area contributed by atoms with Gasteiger partial charge >= 0.3 is 6.03 Å². The van der Waals surface area contributed by atoms with Gasteiger partial charge in [0.2, 0.25) is 0 Å². The number of hydrogen-bond donors (Lipinski definition) is 3. The van der Waals surface area contributed by atoms with E-state index in [1.54, 1.807) is 48.5 Å². The summed E-state index contributed by atoms with van der Waals surface area (Å²) in [6.45, 7) is 2.59. The highest BCUT2D eigenvalue weighted by molar-refractivity contribution is 6.04. The highest BCUT2D eigenvalue weighted by Crippen LogP contribution is 2.38. The minimum Gasteiger partial charge on any atom is -0.507 e. The molecule has 1 saturated carbocycles. The fraction of sp³-hybridized carbons (Fsp3) is 0.258. The summed E-state index contributed by atoms with van der Waals surface area (Å²) >= 11 is 0. The Morgan fingerprint density at radius 2 is 1.82 bits per heavy atom. The molecular formula is C31H31FN4O4. The van der Waals surface area contributed by atoms with E-state index in [0.29, 0.717) is 40.4 Å². The van der Waals surface area contributed by atoms with Gasteiger partial charge in [0.15, 0.2) is 0 Å². The summed E-state index contributed by atoms with van der Waals surface area (Å²) in [5, 5.41) is 21.0. The third-order valence-corrected chi connectivity index (χ3v) is 6.99. The van der Waals surface area contributed by atoms with E-state index in [4.69, 9.17) is 4.74 Å². The smallest absolute Gasteiger partial charge is 0.342 e. The molecule has 1 aliphatic carbocycles. The summed E-state index contributed by atoms with van der Waals surface area (Å²) in [6.07, 6.45) is 4.05. The molecule has 0 unspecified atom stereocenters. The van der Waals surface area contributed by atoms with Crippen LogP contribution in [0, 0.1) is 5.82 Å². The molecule has 1 fully saturated rings. The molecule has 1 heterocycles. The summed E-state index contributed by atoms with van der Waals surface area (Å²) in [5.41, 5.74) is 3.18. The van der Waals surface area contributed by atoms with Gasteiger partial charge in [-0.3, -0.25) is 4.79 Å². The van der Waals surface area contributed by atoms with Crippen LogP contribution in [0.25, 0.3) is 11.3 Å². The molecule has 1 aliphatic rings. The van der Waals surface area contributed by atoms with Gasteiger partial charge in [-0.05, 0) is 79.9 Å². The van der Waals surface area contributed by atoms with Gasteiger partial charge in [0.05, 0.1) is 18.0 Å². The first-order valence-corrected chi connectivity index (χ1v) is 13.4. The number of ether oxygens (including phenoxy) is 1. The average Bonchev–Trinajstić information content (AvgIpc) is 3.63. The SMILES string of the molecule is CCOc1ccc(C(=O)Nc2ccc(-c3cc(C4CCCC4)n(C(=O)NCc4cccc(F)c4)n3)c(O)c2)cc1. The molecule has 2 amide bonds. The molecule has 3 aromatic carbocycles. The maximum absolute atomic E-state index is 13.6. The van der Waals surface area contributed by atoms with Crippen molar-refractivity contribution in [2.75, 3.05) is 11.9 Å². The molecule has 3 N–H and O–H groups in total. The van der Waals surface area contributed by atoms with Gasteiger partial charge in [0.25, 0.3) is 5.91 Å². The fourth-order valence-electron chi connectivity index (χ4n) is 5.00. The second-order valence-electron chi connectivity index (χ2n) is 9.78. The topological polar surface area (TPSA) is 105 Å². The number of nitrogens with zero attached hydrogens (tertiary/aromatic N) is 2. The number of rotatable bonds is 8. The van der Waals surface area contributed by atoms with Crippen molar-refractivity contribution >= 4 is 17.6 Å². The Bertz CT molecular complexity index is 1510. The Morgan fingerprint density at radius 1 is 1.05 bits per heavy atom. The molecule has 9 heteroatoms. The second kappa shape index (κ2) is 12.0. The highest BCUT2D eigenvalue weighted by atomic mass is 19.1. The number of hydrogen-bond acceptors (Lipinski definition) is 5. The third-order valence-electron chi connectivity index (χ3n) is 6.99. The Morgan fingerprint density at radius 3 is 2.52 bits per heavy atom. The van der Waals surface area contributed by atoms with Crippen molar-refractivity contribution in [3.63, 3.8) is 0 Å². The number of amides is 2. The van der Waals surface area contributed by atoms with Gasteiger partial charge in [-0.15, -0.1) is 0 Å². The van der Waals surface area contributed by atoms with Gasteiger partial charge in [0, 0.05) is 35.3 Å². The number of carbonyl (C=O) groups is 2. The summed E-state index contributed by atoms with van der Waals surface area (Å²) in [7, 11) is 0. The second-order valence-corrected chi connectivity index (χ2v) is 9.78. The molecule has 5 rings (SSSR count). The largest absolute Gasteiger partial charge is 0.507 e. The number of phenols is 1. The molecule has 1 aromatic heterocycles. The highest BCUT2D eigenvalue weighted by Gasteiger charge is 2.26. The van der Waals surface area contributed by atoms with Gasteiger partial charge in [0.1, 0.15) is 17.3 Å². The Kier molecular flexibility index (Phi) is 8.10. The van der Waals surface area contributed by atoms with E-state index in [1.165, 1.54) is 22.9 Å². The number of phenolic OH excluding ortho intramolecular Hbond substituents is 1. The van der Waals surface area contributed by atoms with E-state index in [0.717, 1.165) is 31.4 Å². The lowest BCUT2D eigenvalue weighted by molar-refractivity contribution is 0.102. The maximum atomic E-state index is 13.6. The van der Waals surface area contributed by atoms with E-state index in [2.05, 4.69) is 15.7 Å². The molecule has 0 aliphatic heterocycles. The number of anilines is 1. The molecule has 0 radical (unpaired) electrons. The lowest BCUT2D eigenvalue weighted by atomic mass is 10.0. The minimum absolute atomic E-state index is 0.0766. The average molecular weight is 543 g/mol. The lowest BCUT2D eigenvalue weighted by Gasteiger charge is -2.12. The Labute approximate surface area is 231 Å². The van der Waals surface area contributed by atoms with Crippen LogP contribution < -0.4 is 15.4 Å². The number of aromatic nitrogens is 2. The van der Waals surface area contributed by atoms with Crippen LogP contribution in [-0.4, -0.2) is 33.4 Å². The summed E-state index contributed by atoms with van der Waals surface area (Å²) in [6, 6.07) is 19.1. The molecule has 0 spiro atoms. The number of carbonyl (C=O) groups excluding carboxylic acids is 2. The molecule has 0 atom stereocenters. The van der Waals surface area contributed by atoms with Crippen molar-refractivity contribution in [2.24, 2.45) is 0 Å². The van der Waals surface area contributed by atoms with Crippen LogP contribution in [0.5, 0.6) is 11.5 Å². The van der Waals surface area contributed by atoms with Gasteiger partial charge < -0.3 is 20.5 Å². The monoisotopic (exact) mass is 542 g/mol. The van der Waals surface area contributed by atoms with Crippen molar-refractivity contribution in [1.29, 1.82) is 0 Å². The van der Waals surface area contributed by atoms with Crippen LogP contribution in [0.4, 0.5) is 14.9 Å². The van der Waals surface area contributed by atoms with Crippen molar-refractivity contribution in [3.8, 4) is 22.8 Å². The first-order valence-electron chi connectivity index (χ1n) is 13.4. The summed E-state index contributed by atoms with van der Waals surface area (Å²) < 4.78 is 20.3. The van der Waals surface area contributed by atoms with Crippen LogP contribution >= 0.6 is 0 Å². The van der Waals surface area contributed by atoms with E-state index in [9.17, 15) is 19.1 Å². The van der Waals surface area contributed by atoms with Gasteiger partial charge in [-0.25, -0.2) is 9.18 Å². The van der Waals surface area contributed by atoms with Crippen molar-refractivity contribution in [3.05, 3.63) is 95.4 Å². The van der Waals surface area contributed by atoms with Crippen LogP contribution in [0.1, 0.15) is 60.1 Å². The Hall–Kier alpha value is -4.66. The predicted molar refractivity (Wildman–Crippen MR) is 150 cm³/mol. The van der Waals surface area contributed by atoms with Crippen molar-refractivity contribution in [1.82, 2.24) is 15.1 Å². The fourth-order valence-corrected chi connectivity index (χ4v) is 5.00. The van der Waals surface area contributed by atoms with E-state index >= 15 is 0 Å². The van der Waals surface area contributed by atoms with Crippen LogP contribution in [0.3, 0.4) is 0 Å². The van der Waals surface area contributed by atoms with E-state index in [1.807, 2.05) is 13.0 Å². The predicted octanol–water partition coefficient (Wildman–Crippen LogP) is 6.46. The standard InChI is InChI=1S/C31H31FN4O4/c1-2-40-25-13-10-22(11-14-25)30(38)34-24-12-15-26(29(37)17-24)27-18-28(21-7-3-4-8-21)36(35-27)31(39)33-19-20-6-5-9-23(32)16-20/h5-6,9-18,21,37H,2-4,7-8,19H2,1H3,(H,33,39)(H,34,38). The third kappa shape index (κ3) is 6.14. The summed E-state index contributed by atoms with van der Waals surface area (Å²) in [5.74, 6) is 0.0932. The number of aromatic hydroxyl groups is 1. The lowest BCUT2D eigenvalue weighted by Crippen LogP contribution is -2.30. The van der Waals surface area contributed by atoms with Gasteiger partial charge in [-0.1, -0.05) is 25.0 Å². The summed E-state index contributed by atoms with van der Waals surface area (Å²) in [4.78, 5) is 25.8. The van der Waals surface area contributed by atoms with Gasteiger partial charge in [-0.2, -0.15) is 9.78 Å². The Balaban J connectivity index is 1.34. The van der Waals surface area contributed by atoms with Crippen LogP contribution in [-0.2, 0) is 6.54 Å². The van der Waals surface area contributed by atoms with E-state index in [-0.39, 0.29) is 29.9 Å². The van der Waals surface area contributed by atoms with Crippen LogP contribution in [0.2, 0.25) is 0 Å². The molecule has 40 heavy (non-hydrogen) atoms. The first-order chi connectivity index (χ1) is 19.4. The molecule has 206 valence electrons. The van der Waals surface area contributed by atoms with Crippen molar-refractivity contribution in [2.45, 2.75) is 45.1 Å². The number of benzene rings is 3. The molecule has 0 saturated heterocycles. The number of nitrogens with one attached hydrogen (secondary N) is 2. The zero-order chi connectivity index (χ0) is 28.1. The molecular weight excluding hydrogens is 511 g/mol. The zero-order valence-electron chi connectivity index (χ0n) is 22.2. The normalized spacial score (nSPS) is 13.2. The molecule has 4 aromatic rings. The van der Waals surface area contributed by atoms with Crippen LogP contribution in [0.15, 0.2) is 72.8 Å². The quantitative estimate of drug-likeness (QED) is 0.237. The zero-order valence-corrected chi connectivity index (χ0v) is 22.2. The van der Waals surface area contributed by atoms with E-state index < -0.39 is 6.03 Å². The first kappa shape index (κ1) is 26.9. The number of halogens is 1. The molecule has 8 nitrogen and oxygen atoms in total.